The van der Waals surface area contributed by atoms with Gasteiger partial charge in [0.2, 0.25) is 5.91 Å². The first-order chi connectivity index (χ1) is 29.7. The van der Waals surface area contributed by atoms with Crippen molar-refractivity contribution in [2.24, 2.45) is 0 Å². The lowest BCUT2D eigenvalue weighted by Gasteiger charge is -2.39. The lowest BCUT2D eigenvalue weighted by Crippen LogP contribution is -2.48. The van der Waals surface area contributed by atoms with Gasteiger partial charge in [0.05, 0.1) is 32.3 Å². The molecule has 1 fully saturated rings. The Morgan fingerprint density at radius 3 is 2.40 bits per heavy atom. The molecule has 1 aliphatic heterocycles. The molecule has 2 heterocycles. The van der Waals surface area contributed by atoms with Gasteiger partial charge in [0.1, 0.15) is 6.54 Å². The molecule has 0 aliphatic carbocycles. The molecule has 0 radical (unpaired) electrons. The van der Waals surface area contributed by atoms with Crippen LogP contribution in [0.3, 0.4) is 0 Å². The van der Waals surface area contributed by atoms with Crippen LogP contribution in [0.15, 0.2) is 101 Å². The third-order valence-corrected chi connectivity index (χ3v) is 9.66. The van der Waals surface area contributed by atoms with Gasteiger partial charge in [0, 0.05) is 67.4 Å². The number of amides is 1. The molecule has 4 aromatic carbocycles. The smallest absolute Gasteiger partial charge is 0.383 e. The summed E-state index contributed by atoms with van der Waals surface area (Å²) in [7, 11) is -2.86. The molecule has 6 nitrogen and oxygen atoms in total. The Hall–Kier alpha value is -4.52. The standard InChI is InChI=1S/C41H40F5N3O3S/c1-27-6-15-34-36(22-27)49(39(23-37(34)50)53-26-31-4-3-5-35(42)40(31)43)25-38(51)48(33-16-18-47(19-17-33)20-21-52-2)24-28-7-9-29(10-8-28)30-11-13-32(14-12-30)41(44,45)46/h3-15,22-23,33H,16-21,24-26H2,1-2H3/i2D3,6D,15D,20D2,22D,23D,26D2. The number of alkyl halides is 3. The van der Waals surface area contributed by atoms with E-state index in [2.05, 4.69) is 0 Å². The van der Waals surface area contributed by atoms with E-state index < -0.39 is 113 Å². The molecule has 53 heavy (non-hydrogen) atoms. The van der Waals surface area contributed by atoms with Gasteiger partial charge < -0.3 is 19.1 Å². The average molecular weight is 761 g/mol. The SMILES string of the molecule is [2H]c1c(C)c([2H])c2c(c1[2H])c(=O)c([2H])c(SC([2H])([2H])c1cccc(F)c1F)n2CC(=O)N(Cc1ccc(-c2ccc(C(F)(F)F)cc2)cc1)C1CCN(C([2H])([2H])COC([2H])([2H])[2H])CC1. The third kappa shape index (κ3) is 9.17. The van der Waals surface area contributed by atoms with Crippen molar-refractivity contribution in [1.29, 1.82) is 0 Å². The number of methoxy groups -OCH3 is 1. The Bertz CT molecular complexity index is 2620. The van der Waals surface area contributed by atoms with Gasteiger partial charge in [-0.05, 0) is 72.3 Å². The van der Waals surface area contributed by atoms with E-state index in [9.17, 15) is 27.2 Å². The number of carbonyl (C=O) groups excluding carboxylic acids is 1. The summed E-state index contributed by atoms with van der Waals surface area (Å²) in [6.07, 6.45) is -4.28. The van der Waals surface area contributed by atoms with Crippen LogP contribution in [0.4, 0.5) is 22.0 Å². The molecule has 0 spiro atoms. The lowest BCUT2D eigenvalue weighted by molar-refractivity contribution is -0.137. The van der Waals surface area contributed by atoms with Crippen LogP contribution in [0.25, 0.3) is 22.0 Å². The molecular weight excluding hydrogens is 710 g/mol. The van der Waals surface area contributed by atoms with Crippen LogP contribution in [-0.4, -0.2) is 59.5 Å². The zero-order valence-corrected chi connectivity index (χ0v) is 29.1. The van der Waals surface area contributed by atoms with Gasteiger partial charge in [0.15, 0.2) is 17.1 Å². The molecule has 0 N–H and O–H groups in total. The summed E-state index contributed by atoms with van der Waals surface area (Å²) >= 11 is 0.110. The fourth-order valence-corrected chi connectivity index (χ4v) is 6.83. The van der Waals surface area contributed by atoms with Gasteiger partial charge >= 0.3 is 6.18 Å². The number of benzene rings is 4. The molecule has 1 aromatic heterocycles. The first kappa shape index (κ1) is 26.3. The van der Waals surface area contributed by atoms with E-state index in [1.807, 2.05) is 0 Å². The van der Waals surface area contributed by atoms with Gasteiger partial charge in [0.25, 0.3) is 0 Å². The number of likely N-dealkylation sites (tertiary alicyclic amines) is 1. The number of aromatic nitrogens is 1. The van der Waals surface area contributed by atoms with Crippen molar-refractivity contribution >= 4 is 28.6 Å². The highest BCUT2D eigenvalue weighted by Crippen LogP contribution is 2.32. The molecule has 0 saturated carbocycles. The van der Waals surface area contributed by atoms with Crippen LogP contribution >= 0.6 is 11.8 Å². The Kier molecular flexibility index (Phi) is 8.26. The molecule has 0 bridgehead atoms. The highest BCUT2D eigenvalue weighted by atomic mass is 32.2. The van der Waals surface area contributed by atoms with Gasteiger partial charge in [-0.25, -0.2) is 8.78 Å². The number of hydrogen-bond acceptors (Lipinski definition) is 5. The molecule has 1 amide bonds. The monoisotopic (exact) mass is 760 g/mol. The van der Waals surface area contributed by atoms with Crippen molar-refractivity contribution < 1.29 is 46.6 Å². The fraction of sp³-hybridized carbons (Fsp3) is 0.317. The van der Waals surface area contributed by atoms with Crippen LogP contribution < -0.4 is 5.43 Å². The predicted molar refractivity (Wildman–Crippen MR) is 198 cm³/mol. The van der Waals surface area contributed by atoms with Crippen molar-refractivity contribution in [1.82, 2.24) is 14.4 Å². The molecular formula is C41H40F5N3O3S. The highest BCUT2D eigenvalue weighted by Gasteiger charge is 2.31. The summed E-state index contributed by atoms with van der Waals surface area (Å²) in [5, 5.41) is -1.14. The summed E-state index contributed by atoms with van der Waals surface area (Å²) in [6.45, 7) is -2.59. The summed E-state index contributed by atoms with van der Waals surface area (Å²) in [5.41, 5.74) is -4.60. The zero-order chi connectivity index (χ0) is 47.3. The molecule has 1 saturated heterocycles. The zero-order valence-electron chi connectivity index (χ0n) is 39.2. The van der Waals surface area contributed by atoms with E-state index >= 15 is 4.39 Å². The second-order valence-electron chi connectivity index (χ2n) is 12.3. The minimum absolute atomic E-state index is 0.0154. The highest BCUT2D eigenvalue weighted by molar-refractivity contribution is 7.98. The number of pyridine rings is 1. The second-order valence-corrected chi connectivity index (χ2v) is 13.1. The Labute approximate surface area is 324 Å². The molecule has 0 atom stereocenters. The number of thioether (sulfide) groups is 1. The molecule has 278 valence electrons. The molecule has 1 aliphatic rings. The van der Waals surface area contributed by atoms with E-state index in [0.29, 0.717) is 16.7 Å². The minimum Gasteiger partial charge on any atom is -0.383 e. The van der Waals surface area contributed by atoms with Crippen LogP contribution in [-0.2, 0) is 34.5 Å². The molecule has 12 heteroatoms. The van der Waals surface area contributed by atoms with Crippen LogP contribution in [0.5, 0.6) is 0 Å². The first-order valence-electron chi connectivity index (χ1n) is 21.9. The molecule has 6 rings (SSSR count). The number of ether oxygens (including phenoxy) is 1. The summed E-state index contributed by atoms with van der Waals surface area (Å²) in [5.74, 6) is -3.66. The largest absolute Gasteiger partial charge is 0.416 e. The topological polar surface area (TPSA) is 54.8 Å². The number of halogens is 5. The third-order valence-electron chi connectivity index (χ3n) is 8.82. The summed E-state index contributed by atoms with van der Waals surface area (Å²) in [6, 6.07) is 10.6. The average Bonchev–Trinajstić information content (AvgIpc) is 3.23. The van der Waals surface area contributed by atoms with Crippen LogP contribution in [0, 0.1) is 18.6 Å². The van der Waals surface area contributed by atoms with E-state index in [1.54, 1.807) is 24.3 Å². The Morgan fingerprint density at radius 1 is 1.02 bits per heavy atom. The first-order valence-corrected chi connectivity index (χ1v) is 17.3. The van der Waals surface area contributed by atoms with Gasteiger partial charge in [-0.1, -0.05) is 54.6 Å². The lowest BCUT2D eigenvalue weighted by atomic mass is 10.00. The van der Waals surface area contributed by atoms with E-state index in [0.717, 1.165) is 34.9 Å². The number of carbonyl (C=O) groups is 1. The van der Waals surface area contributed by atoms with Crippen molar-refractivity contribution in [3.8, 4) is 11.1 Å². The van der Waals surface area contributed by atoms with Crippen molar-refractivity contribution in [2.45, 2.75) is 55.8 Å². The summed E-state index contributed by atoms with van der Waals surface area (Å²) in [4.78, 5) is 31.5. The van der Waals surface area contributed by atoms with Gasteiger partial charge in [-0.3, -0.25) is 9.59 Å². The van der Waals surface area contributed by atoms with Crippen molar-refractivity contribution in [2.75, 3.05) is 33.2 Å². The summed E-state index contributed by atoms with van der Waals surface area (Å²) < 4.78 is 166. The molecule has 5 aromatic rings. The fourth-order valence-electron chi connectivity index (χ4n) is 6.06. The van der Waals surface area contributed by atoms with Gasteiger partial charge in [-0.2, -0.15) is 13.2 Å². The van der Waals surface area contributed by atoms with Crippen LogP contribution in [0.1, 0.15) is 50.2 Å². The maximum atomic E-state index is 15.1. The van der Waals surface area contributed by atoms with Crippen molar-refractivity contribution in [3.63, 3.8) is 0 Å². The number of rotatable bonds is 12. The Morgan fingerprint density at radius 2 is 1.72 bits per heavy atom. The maximum Gasteiger partial charge on any atom is 0.416 e. The minimum atomic E-state index is -4.54. The van der Waals surface area contributed by atoms with E-state index in [-0.39, 0.29) is 55.3 Å². The van der Waals surface area contributed by atoms with E-state index in [1.165, 1.54) is 28.9 Å². The normalized spacial score (nSPS) is 18.0. The Balaban J connectivity index is 1.42. The molecule has 0 unspecified atom stereocenters. The van der Waals surface area contributed by atoms with Crippen LogP contribution in [0.2, 0.25) is 0 Å². The number of nitrogens with zero attached hydrogens (tertiary/aromatic N) is 3. The van der Waals surface area contributed by atoms with E-state index in [4.69, 9.17) is 19.8 Å². The quantitative estimate of drug-likeness (QED) is 0.0942. The number of hydrogen-bond donors (Lipinski definition) is 0. The second kappa shape index (κ2) is 16.7. The number of piperidine rings is 1. The van der Waals surface area contributed by atoms with Gasteiger partial charge in [-0.15, -0.1) is 11.8 Å². The predicted octanol–water partition coefficient (Wildman–Crippen LogP) is 8.71. The van der Waals surface area contributed by atoms with Crippen molar-refractivity contribution in [3.05, 3.63) is 135 Å². The maximum absolute atomic E-state index is 15.1. The number of fused-ring (bicyclic) bond motifs is 1.